The zero-order valence-corrected chi connectivity index (χ0v) is 48.4. The van der Waals surface area contributed by atoms with Gasteiger partial charge in [0.25, 0.3) is 0 Å². The van der Waals surface area contributed by atoms with Crippen LogP contribution in [0.15, 0.2) is 315 Å². The van der Waals surface area contributed by atoms with Gasteiger partial charge in [-0.1, -0.05) is 266 Å². The molecule has 0 aliphatic rings. The lowest BCUT2D eigenvalue weighted by atomic mass is 9.94. The molecular weight excluding hydrogens is 1040 g/mol. The van der Waals surface area contributed by atoms with E-state index < -0.39 is 0 Å². The van der Waals surface area contributed by atoms with Gasteiger partial charge in [0, 0.05) is 34.1 Å². The molecule has 0 fully saturated rings. The van der Waals surface area contributed by atoms with Crippen molar-refractivity contribution >= 4 is 103 Å². The van der Waals surface area contributed by atoms with E-state index in [9.17, 15) is 0 Å². The van der Waals surface area contributed by atoms with Crippen LogP contribution in [0.5, 0.6) is 0 Å². The molecule has 0 saturated carbocycles. The summed E-state index contributed by atoms with van der Waals surface area (Å²) in [5, 5.41) is 4.94. The normalized spacial score (nSPS) is 11.9. The molecule has 0 radical (unpaired) electrons. The number of aryl methyl sites for hydroxylation is 2. The first kappa shape index (κ1) is 54.2. The molecule has 0 bridgehead atoms. The summed E-state index contributed by atoms with van der Waals surface area (Å²) in [5.41, 5.74) is 22.9. The number of benzene rings is 13. The van der Waals surface area contributed by atoms with Crippen LogP contribution < -0.4 is 9.80 Å². The predicted molar refractivity (Wildman–Crippen MR) is 371 cm³/mol. The molecule has 2 nitrogen and oxygen atoms in total. The molecule has 13 aromatic rings. The first-order chi connectivity index (χ1) is 42.4. The van der Waals surface area contributed by atoms with Crippen LogP contribution in [-0.4, -0.2) is 0 Å². The molecule has 0 spiro atoms. The fourth-order valence-electron chi connectivity index (χ4n) is 11.3. The summed E-state index contributed by atoms with van der Waals surface area (Å²) in [6.07, 6.45) is 13.5. The second-order valence-corrected chi connectivity index (χ2v) is 22.0. The zero-order chi connectivity index (χ0) is 58.0. The van der Waals surface area contributed by atoms with Crippen LogP contribution in [0.1, 0.15) is 66.8 Å². The number of nitrogens with zero attached hydrogens (tertiary/aromatic N) is 2. The van der Waals surface area contributed by atoms with Gasteiger partial charge in [-0.25, -0.2) is 0 Å². The van der Waals surface area contributed by atoms with Gasteiger partial charge >= 0.3 is 0 Å². The van der Waals surface area contributed by atoms with Crippen molar-refractivity contribution in [1.82, 2.24) is 0 Å². The Morgan fingerprint density at radius 3 is 0.872 bits per heavy atom. The largest absolute Gasteiger partial charge is 0.311 e. The summed E-state index contributed by atoms with van der Waals surface area (Å²) in [7, 11) is 0. The second kappa shape index (κ2) is 25.2. The van der Waals surface area contributed by atoms with Crippen molar-refractivity contribution in [1.29, 1.82) is 0 Å². The Morgan fingerprint density at radius 2 is 0.523 bits per heavy atom. The minimum Gasteiger partial charge on any atom is -0.311 e. The predicted octanol–water partition coefficient (Wildman–Crippen LogP) is 23.1. The summed E-state index contributed by atoms with van der Waals surface area (Å²) in [4.78, 5) is 4.67. The lowest BCUT2D eigenvalue weighted by Gasteiger charge is -2.26. The molecule has 0 atom stereocenters. The van der Waals surface area contributed by atoms with Crippen molar-refractivity contribution in [3.63, 3.8) is 0 Å². The van der Waals surface area contributed by atoms with Crippen LogP contribution in [0.4, 0.5) is 34.1 Å². The number of rotatable bonds is 16. The Bertz CT molecular complexity index is 4270. The average Bonchev–Trinajstić information content (AvgIpc) is 2.58. The van der Waals surface area contributed by atoms with E-state index in [-0.39, 0.29) is 0 Å². The highest BCUT2D eigenvalue weighted by Gasteiger charge is 2.16. The van der Waals surface area contributed by atoms with Crippen LogP contribution in [0.3, 0.4) is 0 Å². The van der Waals surface area contributed by atoms with E-state index in [4.69, 9.17) is 0 Å². The molecule has 0 amide bonds. The number of fused-ring (bicyclic) bond motifs is 2. The van der Waals surface area contributed by atoms with E-state index >= 15 is 0 Å². The molecule has 0 heterocycles. The second-order valence-electron chi connectivity index (χ2n) is 22.0. The molecule has 0 N–H and O–H groups in total. The van der Waals surface area contributed by atoms with Crippen molar-refractivity contribution in [2.75, 3.05) is 9.80 Å². The average molecular weight is 1100 g/mol. The molecule has 0 aliphatic carbocycles. The lowest BCUT2D eigenvalue weighted by Crippen LogP contribution is -2.09. The van der Waals surface area contributed by atoms with Crippen LogP contribution in [0.2, 0.25) is 0 Å². The van der Waals surface area contributed by atoms with Crippen LogP contribution in [0.25, 0.3) is 69.1 Å². The highest BCUT2D eigenvalue weighted by Crippen LogP contribution is 2.39. The molecule has 0 aliphatic heterocycles. The van der Waals surface area contributed by atoms with E-state index in [0.29, 0.717) is 0 Å². The molecule has 0 aromatic heterocycles. The summed E-state index contributed by atoms with van der Waals surface area (Å²) < 4.78 is 0. The van der Waals surface area contributed by atoms with E-state index in [0.717, 1.165) is 67.5 Å². The summed E-state index contributed by atoms with van der Waals surface area (Å²) in [5.74, 6) is 0. The maximum absolute atomic E-state index is 2.33. The standard InChI is InChI=1S/C84H64N2/c1-61-25-45-77(46-26-61)85(81-53-35-65(36-54-81)57-83(71-19-5-3-6-20-71)75-43-41-69-17-11-13-23-73(69)59-75)79-49-31-63(32-50-79)29-39-67-15-9-10-16-68(67)40-30-64-33-51-80(52-34-64)86(78-47-27-62(2)28-48-78)82-55-37-66(38-56-82)58-84(72-21-7-4-8-22-72)76-44-42-70-18-12-14-24-74(70)60-76/h3-60H,1-2H3/b39-29+,40-30+,83-57+,84-58+. The van der Waals surface area contributed by atoms with Crippen molar-refractivity contribution in [3.8, 4) is 0 Å². The van der Waals surface area contributed by atoms with Crippen molar-refractivity contribution in [2.24, 2.45) is 0 Å². The van der Waals surface area contributed by atoms with Crippen LogP contribution >= 0.6 is 0 Å². The Labute approximate surface area is 506 Å². The fraction of sp³-hybridized carbons (Fsp3) is 0.0238. The maximum Gasteiger partial charge on any atom is 0.0462 e. The molecular formula is C84H64N2. The van der Waals surface area contributed by atoms with E-state index in [1.165, 1.54) is 66.1 Å². The van der Waals surface area contributed by atoms with Crippen LogP contribution in [-0.2, 0) is 0 Å². The van der Waals surface area contributed by atoms with Gasteiger partial charge in [0.2, 0.25) is 0 Å². The first-order valence-electron chi connectivity index (χ1n) is 29.5. The molecule has 86 heavy (non-hydrogen) atoms. The Hall–Kier alpha value is -11.1. The number of hydrogen-bond donors (Lipinski definition) is 0. The molecule has 2 heteroatoms. The van der Waals surface area contributed by atoms with Gasteiger partial charge in [0.15, 0.2) is 0 Å². The monoisotopic (exact) mass is 1100 g/mol. The van der Waals surface area contributed by atoms with Gasteiger partial charge in [-0.2, -0.15) is 0 Å². The van der Waals surface area contributed by atoms with Gasteiger partial charge in [-0.3, -0.25) is 0 Å². The Kier molecular flexibility index (Phi) is 15.9. The molecule has 410 valence electrons. The Morgan fingerprint density at radius 1 is 0.233 bits per heavy atom. The molecule has 0 unspecified atom stereocenters. The van der Waals surface area contributed by atoms with Crippen molar-refractivity contribution in [3.05, 3.63) is 382 Å². The third-order valence-electron chi connectivity index (χ3n) is 16.0. The summed E-state index contributed by atoms with van der Waals surface area (Å²) >= 11 is 0. The molecule has 0 saturated heterocycles. The zero-order valence-electron chi connectivity index (χ0n) is 48.4. The third kappa shape index (κ3) is 12.5. The number of hydrogen-bond acceptors (Lipinski definition) is 2. The van der Waals surface area contributed by atoms with E-state index in [2.05, 4.69) is 376 Å². The minimum atomic E-state index is 1.09. The maximum atomic E-state index is 2.33. The minimum absolute atomic E-state index is 1.09. The number of anilines is 6. The molecule has 13 aromatic carbocycles. The van der Waals surface area contributed by atoms with Crippen molar-refractivity contribution < 1.29 is 0 Å². The fourth-order valence-corrected chi connectivity index (χ4v) is 11.3. The summed E-state index contributed by atoms with van der Waals surface area (Å²) in [6, 6.07) is 114. The highest BCUT2D eigenvalue weighted by atomic mass is 15.1. The van der Waals surface area contributed by atoms with E-state index in [1.54, 1.807) is 0 Å². The van der Waals surface area contributed by atoms with Crippen LogP contribution in [0, 0.1) is 13.8 Å². The lowest BCUT2D eigenvalue weighted by molar-refractivity contribution is 1.27. The van der Waals surface area contributed by atoms with Crippen molar-refractivity contribution in [2.45, 2.75) is 13.8 Å². The summed E-state index contributed by atoms with van der Waals surface area (Å²) in [6.45, 7) is 4.27. The highest BCUT2D eigenvalue weighted by molar-refractivity contribution is 5.97. The SMILES string of the molecule is Cc1ccc(N(c2ccc(/C=C/c3ccccc3/C=C/c3ccc(N(c4ccc(C)cc4)c4ccc(/C=C(\c5ccccc5)c5ccc6ccccc6c5)cc4)cc3)cc2)c2ccc(/C=C(\c3ccccc3)c3ccc4ccccc4c3)cc2)cc1. The Balaban J connectivity index is 0.728. The van der Waals surface area contributed by atoms with E-state index in [1.807, 2.05) is 0 Å². The topological polar surface area (TPSA) is 6.48 Å². The first-order valence-corrected chi connectivity index (χ1v) is 29.5. The van der Waals surface area contributed by atoms with Gasteiger partial charge in [-0.15, -0.1) is 0 Å². The van der Waals surface area contributed by atoms with Gasteiger partial charge in [-0.05, 0) is 199 Å². The van der Waals surface area contributed by atoms with Gasteiger partial charge < -0.3 is 9.80 Å². The smallest absolute Gasteiger partial charge is 0.0462 e. The quantitative estimate of drug-likeness (QED) is 0.0890. The van der Waals surface area contributed by atoms with Gasteiger partial charge in [0.1, 0.15) is 0 Å². The molecule has 13 rings (SSSR count). The van der Waals surface area contributed by atoms with Gasteiger partial charge in [0.05, 0.1) is 0 Å². The third-order valence-corrected chi connectivity index (χ3v) is 16.0.